The maximum absolute atomic E-state index is 12.6. The fraction of sp³-hybridized carbons (Fsp3) is 0.375. The molecule has 7 nitrogen and oxygen atoms in total. The second-order valence-corrected chi connectivity index (χ2v) is 8.76. The van der Waals surface area contributed by atoms with Gasteiger partial charge in [0.2, 0.25) is 0 Å². The monoisotopic (exact) mass is 414 g/mol. The number of benzene rings is 1. The second-order valence-electron chi connectivity index (χ2n) is 6.13. The van der Waals surface area contributed by atoms with Crippen LogP contribution in [0.1, 0.15) is 24.3 Å². The molecule has 0 saturated carbocycles. The zero-order valence-corrected chi connectivity index (χ0v) is 16.8. The lowest BCUT2D eigenvalue weighted by Gasteiger charge is -2.11. The van der Waals surface area contributed by atoms with E-state index in [1.165, 1.54) is 12.8 Å². The van der Waals surface area contributed by atoms with Crippen molar-refractivity contribution < 1.29 is 12.9 Å². The molecule has 3 aromatic rings. The maximum Gasteiger partial charge on any atom is 0.267 e. The van der Waals surface area contributed by atoms with Gasteiger partial charge in [-0.2, -0.15) is 0 Å². The minimum absolute atomic E-state index is 0. The molecule has 4 rings (SSSR count). The van der Waals surface area contributed by atoms with Crippen molar-refractivity contribution in [1.82, 2.24) is 10.1 Å². The average molecular weight is 415 g/mol. The molecule has 1 fully saturated rings. The molecule has 1 aromatic carbocycles. The van der Waals surface area contributed by atoms with E-state index in [9.17, 15) is 8.42 Å². The van der Waals surface area contributed by atoms with Crippen LogP contribution < -0.4 is 9.62 Å². The number of nitrogens with zero attached hydrogens (tertiary/aromatic N) is 3. The lowest BCUT2D eigenvalue weighted by Crippen LogP contribution is -2.16. The molecule has 0 aliphatic carbocycles. The van der Waals surface area contributed by atoms with Crippen molar-refractivity contribution in [3.63, 3.8) is 0 Å². The first-order valence-corrected chi connectivity index (χ1v) is 10.4. The van der Waals surface area contributed by atoms with Gasteiger partial charge in [0, 0.05) is 13.1 Å². The van der Waals surface area contributed by atoms with Crippen LogP contribution in [0.3, 0.4) is 0 Å². The van der Waals surface area contributed by atoms with E-state index >= 15 is 0 Å². The van der Waals surface area contributed by atoms with Gasteiger partial charge in [0.05, 0.1) is 15.9 Å². The Kier molecular flexibility index (Phi) is 5.14. The number of fused-ring (bicyclic) bond motifs is 1. The average Bonchev–Trinajstić information content (AvgIpc) is 3.26. The zero-order valence-electron chi connectivity index (χ0n) is 14.4. The normalized spacial score (nSPS) is 14.6. The second kappa shape index (κ2) is 7.05. The van der Waals surface area contributed by atoms with Gasteiger partial charge in [-0.05, 0) is 44.9 Å². The van der Waals surface area contributed by atoms with Crippen LogP contribution in [0.2, 0.25) is 0 Å². The lowest BCUT2D eigenvalue weighted by atomic mass is 10.3. The summed E-state index contributed by atoms with van der Waals surface area (Å²) in [4.78, 5) is 7.02. The molecular formula is C16H19ClN4O3S2. The number of sulfonamides is 1. The molecule has 0 bridgehead atoms. The highest BCUT2D eigenvalue weighted by Gasteiger charge is 2.24. The molecule has 1 aliphatic heterocycles. The molecule has 1 N–H and O–H groups in total. The van der Waals surface area contributed by atoms with Crippen LogP contribution in [0.5, 0.6) is 0 Å². The predicted octanol–water partition coefficient (Wildman–Crippen LogP) is 3.72. The van der Waals surface area contributed by atoms with Crippen molar-refractivity contribution in [3.05, 3.63) is 29.7 Å². The summed E-state index contributed by atoms with van der Waals surface area (Å²) >= 11 is 1.59. The van der Waals surface area contributed by atoms with Gasteiger partial charge in [-0.15, -0.1) is 12.4 Å². The largest absolute Gasteiger partial charge is 0.360 e. The number of hydrogen-bond acceptors (Lipinski definition) is 7. The number of halogens is 1. The summed E-state index contributed by atoms with van der Waals surface area (Å²) in [6.07, 6.45) is 2.39. The topological polar surface area (TPSA) is 88.3 Å². The number of aryl methyl sites for hydroxylation is 2. The Morgan fingerprint density at radius 3 is 2.62 bits per heavy atom. The van der Waals surface area contributed by atoms with Gasteiger partial charge in [-0.25, -0.2) is 13.4 Å². The fourth-order valence-electron chi connectivity index (χ4n) is 3.08. The molecule has 1 saturated heterocycles. The van der Waals surface area contributed by atoms with E-state index in [4.69, 9.17) is 4.52 Å². The van der Waals surface area contributed by atoms with Gasteiger partial charge < -0.3 is 9.42 Å². The Hall–Kier alpha value is -1.84. The Bertz CT molecular complexity index is 1020. The van der Waals surface area contributed by atoms with Gasteiger partial charge in [-0.3, -0.25) is 4.72 Å². The molecule has 1 aliphatic rings. The third-order valence-corrected chi connectivity index (χ3v) is 6.95. The Morgan fingerprint density at radius 2 is 1.96 bits per heavy atom. The van der Waals surface area contributed by atoms with Gasteiger partial charge in [-0.1, -0.05) is 16.5 Å². The van der Waals surface area contributed by atoms with E-state index in [2.05, 4.69) is 19.8 Å². The lowest BCUT2D eigenvalue weighted by molar-refractivity contribution is 0.390. The highest BCUT2D eigenvalue weighted by molar-refractivity contribution is 7.92. The first-order valence-electron chi connectivity index (χ1n) is 8.05. The molecule has 10 heteroatoms. The SMILES string of the molecule is Cc1noc(C)c1S(=O)(=O)Nc1ccc2nc(N3CCCC3)sc2c1.Cl. The molecule has 0 spiro atoms. The fourth-order valence-corrected chi connectivity index (χ4v) is 5.52. The molecule has 140 valence electrons. The number of thiazole rings is 1. The van der Waals surface area contributed by atoms with Crippen LogP contribution >= 0.6 is 23.7 Å². The van der Waals surface area contributed by atoms with Crippen LogP contribution in [0.25, 0.3) is 10.2 Å². The van der Waals surface area contributed by atoms with Crippen LogP contribution in [-0.2, 0) is 10.0 Å². The van der Waals surface area contributed by atoms with Crippen molar-refractivity contribution in [1.29, 1.82) is 0 Å². The van der Waals surface area contributed by atoms with E-state index in [0.717, 1.165) is 28.4 Å². The van der Waals surface area contributed by atoms with Crippen LogP contribution in [-0.4, -0.2) is 31.6 Å². The molecule has 0 atom stereocenters. The number of aromatic nitrogens is 2. The third-order valence-electron chi connectivity index (χ3n) is 4.24. The molecular weight excluding hydrogens is 396 g/mol. The number of anilines is 2. The van der Waals surface area contributed by atoms with Crippen molar-refractivity contribution in [2.24, 2.45) is 0 Å². The van der Waals surface area contributed by atoms with Gasteiger partial charge >= 0.3 is 0 Å². The van der Waals surface area contributed by atoms with Crippen LogP contribution in [0.4, 0.5) is 10.8 Å². The first-order chi connectivity index (χ1) is 11.9. The molecule has 3 heterocycles. The minimum atomic E-state index is -3.74. The summed E-state index contributed by atoms with van der Waals surface area (Å²) in [7, 11) is -3.74. The number of rotatable bonds is 4. The summed E-state index contributed by atoms with van der Waals surface area (Å²) < 4.78 is 33.8. The summed E-state index contributed by atoms with van der Waals surface area (Å²) in [6, 6.07) is 5.39. The van der Waals surface area contributed by atoms with Crippen molar-refractivity contribution >= 4 is 54.8 Å². The standard InChI is InChI=1S/C16H18N4O3S2.ClH/c1-10-15(11(2)23-18-10)25(21,22)19-12-5-6-13-14(9-12)24-16(17-13)20-7-3-4-8-20;/h5-6,9,19H,3-4,7-8H2,1-2H3;1H. The van der Waals surface area contributed by atoms with Gasteiger partial charge in [0.15, 0.2) is 15.8 Å². The Morgan fingerprint density at radius 1 is 1.23 bits per heavy atom. The quantitative estimate of drug-likeness (QED) is 0.699. The highest BCUT2D eigenvalue weighted by atomic mass is 35.5. The van der Waals surface area contributed by atoms with Crippen LogP contribution in [0, 0.1) is 13.8 Å². The van der Waals surface area contributed by atoms with E-state index in [-0.39, 0.29) is 23.1 Å². The molecule has 0 radical (unpaired) electrons. The van der Waals surface area contributed by atoms with Gasteiger partial charge in [0.1, 0.15) is 5.69 Å². The number of nitrogens with one attached hydrogen (secondary N) is 1. The summed E-state index contributed by atoms with van der Waals surface area (Å²) in [6.45, 7) is 5.26. The Labute approximate surface area is 161 Å². The van der Waals surface area contributed by atoms with Crippen molar-refractivity contribution in [3.8, 4) is 0 Å². The summed E-state index contributed by atoms with van der Waals surface area (Å²) in [5, 5.41) is 4.71. The Balaban J connectivity index is 0.00000196. The van der Waals surface area contributed by atoms with E-state index in [1.807, 2.05) is 12.1 Å². The summed E-state index contributed by atoms with van der Waals surface area (Å²) in [5.41, 5.74) is 1.73. The molecule has 0 amide bonds. The summed E-state index contributed by atoms with van der Waals surface area (Å²) in [5.74, 6) is 0.278. The van der Waals surface area contributed by atoms with Crippen LogP contribution in [0.15, 0.2) is 27.6 Å². The van der Waals surface area contributed by atoms with Crippen molar-refractivity contribution in [2.45, 2.75) is 31.6 Å². The smallest absolute Gasteiger partial charge is 0.267 e. The third kappa shape index (κ3) is 3.38. The zero-order chi connectivity index (χ0) is 17.6. The number of hydrogen-bond donors (Lipinski definition) is 1. The molecule has 26 heavy (non-hydrogen) atoms. The van der Waals surface area contributed by atoms with E-state index in [0.29, 0.717) is 11.4 Å². The van der Waals surface area contributed by atoms with E-state index in [1.54, 1.807) is 31.3 Å². The van der Waals surface area contributed by atoms with E-state index < -0.39 is 10.0 Å². The predicted molar refractivity (Wildman–Crippen MR) is 105 cm³/mol. The highest BCUT2D eigenvalue weighted by Crippen LogP contribution is 2.33. The molecule has 0 unspecified atom stereocenters. The molecule has 2 aromatic heterocycles. The van der Waals surface area contributed by atoms with Crippen molar-refractivity contribution in [2.75, 3.05) is 22.7 Å². The maximum atomic E-state index is 12.6. The van der Waals surface area contributed by atoms with Gasteiger partial charge in [0.25, 0.3) is 10.0 Å². The first kappa shape index (κ1) is 18.9. The minimum Gasteiger partial charge on any atom is -0.360 e.